The minimum atomic E-state index is -0.372. The number of hydrogen-bond acceptors (Lipinski definition) is 3. The first-order valence-corrected chi connectivity index (χ1v) is 9.61. The van der Waals surface area contributed by atoms with Crippen LogP contribution in [0.3, 0.4) is 0 Å². The number of benzene rings is 2. The van der Waals surface area contributed by atoms with Gasteiger partial charge in [-0.1, -0.05) is 35.9 Å². The molecule has 0 aromatic heterocycles. The van der Waals surface area contributed by atoms with Gasteiger partial charge in [-0.3, -0.25) is 14.5 Å². The van der Waals surface area contributed by atoms with Crippen molar-refractivity contribution in [1.29, 1.82) is 0 Å². The van der Waals surface area contributed by atoms with Gasteiger partial charge in [0.15, 0.2) is 0 Å². The largest absolute Gasteiger partial charge is 0.368 e. The quantitative estimate of drug-likeness (QED) is 0.842. The molecule has 2 heterocycles. The van der Waals surface area contributed by atoms with Gasteiger partial charge in [-0.05, 0) is 37.6 Å². The van der Waals surface area contributed by atoms with Crippen molar-refractivity contribution in [3.05, 3.63) is 60.2 Å². The number of carbonyl (C=O) groups is 2. The number of nitrogens with zero attached hydrogens (tertiary/aromatic N) is 3. The zero-order valence-electron chi connectivity index (χ0n) is 15.7. The minimum Gasteiger partial charge on any atom is -0.368 e. The summed E-state index contributed by atoms with van der Waals surface area (Å²) >= 11 is 0. The molecule has 4 rings (SSSR count). The molecule has 2 aromatic rings. The number of amides is 2. The summed E-state index contributed by atoms with van der Waals surface area (Å²) in [5.41, 5.74) is 3.16. The lowest BCUT2D eigenvalue weighted by Gasteiger charge is -2.38. The zero-order chi connectivity index (χ0) is 18.8. The van der Waals surface area contributed by atoms with E-state index in [1.54, 1.807) is 4.90 Å². The number of para-hydroxylation sites is 1. The summed E-state index contributed by atoms with van der Waals surface area (Å²) in [6.45, 7) is 5.05. The molecule has 2 aliphatic rings. The standard InChI is InChI=1S/C22H25N3O2/c1-17-7-9-19(10-8-17)25-20(11-12-21(25)26)22(27)24-15-13-23(14-16-24)18-5-3-2-4-6-18/h2-10,20H,11-16H2,1H3. The number of carbonyl (C=O) groups excluding carboxylic acids is 2. The molecule has 0 spiro atoms. The Morgan fingerprint density at radius 2 is 1.56 bits per heavy atom. The van der Waals surface area contributed by atoms with Crippen LogP contribution in [0.5, 0.6) is 0 Å². The van der Waals surface area contributed by atoms with E-state index >= 15 is 0 Å². The molecular weight excluding hydrogens is 338 g/mol. The first-order chi connectivity index (χ1) is 13.1. The van der Waals surface area contributed by atoms with E-state index in [1.807, 2.05) is 54.3 Å². The van der Waals surface area contributed by atoms with Crippen LogP contribution in [-0.2, 0) is 9.59 Å². The first kappa shape index (κ1) is 17.6. The average molecular weight is 363 g/mol. The summed E-state index contributed by atoms with van der Waals surface area (Å²) < 4.78 is 0. The van der Waals surface area contributed by atoms with Gasteiger partial charge < -0.3 is 9.80 Å². The second-order valence-corrected chi connectivity index (χ2v) is 7.30. The van der Waals surface area contributed by atoms with Crippen LogP contribution in [-0.4, -0.2) is 48.9 Å². The smallest absolute Gasteiger partial charge is 0.245 e. The lowest BCUT2D eigenvalue weighted by atomic mass is 10.1. The highest BCUT2D eigenvalue weighted by Gasteiger charge is 2.39. The van der Waals surface area contributed by atoms with Crippen LogP contribution in [0.1, 0.15) is 18.4 Å². The molecule has 2 aliphatic heterocycles. The summed E-state index contributed by atoms with van der Waals surface area (Å²) in [4.78, 5) is 31.5. The SMILES string of the molecule is Cc1ccc(N2C(=O)CCC2C(=O)N2CCN(c3ccccc3)CC2)cc1. The first-order valence-electron chi connectivity index (χ1n) is 9.61. The van der Waals surface area contributed by atoms with Crippen molar-refractivity contribution in [2.24, 2.45) is 0 Å². The van der Waals surface area contributed by atoms with Crippen molar-refractivity contribution in [2.75, 3.05) is 36.0 Å². The van der Waals surface area contributed by atoms with E-state index in [0.29, 0.717) is 25.9 Å². The fraction of sp³-hybridized carbons (Fsp3) is 0.364. The molecule has 2 saturated heterocycles. The number of anilines is 2. The molecule has 140 valence electrons. The summed E-state index contributed by atoms with van der Waals surface area (Å²) in [7, 11) is 0. The molecule has 5 nitrogen and oxygen atoms in total. The number of hydrogen-bond donors (Lipinski definition) is 0. The summed E-state index contributed by atoms with van der Waals surface area (Å²) in [5.74, 6) is 0.120. The predicted octanol–water partition coefficient (Wildman–Crippen LogP) is 2.84. The summed E-state index contributed by atoms with van der Waals surface area (Å²) in [6.07, 6.45) is 1.04. The number of rotatable bonds is 3. The average Bonchev–Trinajstić information content (AvgIpc) is 3.10. The number of piperazine rings is 1. The Hall–Kier alpha value is -2.82. The third kappa shape index (κ3) is 3.54. The Morgan fingerprint density at radius 1 is 0.889 bits per heavy atom. The van der Waals surface area contributed by atoms with Gasteiger partial charge in [-0.15, -0.1) is 0 Å². The Labute approximate surface area is 160 Å². The molecular formula is C22H25N3O2. The van der Waals surface area contributed by atoms with Gasteiger partial charge in [-0.25, -0.2) is 0 Å². The molecule has 1 atom stereocenters. The fourth-order valence-corrected chi connectivity index (χ4v) is 3.98. The Morgan fingerprint density at radius 3 is 2.22 bits per heavy atom. The molecule has 5 heteroatoms. The second-order valence-electron chi connectivity index (χ2n) is 7.30. The Balaban J connectivity index is 1.44. The Bertz CT molecular complexity index is 811. The molecule has 2 fully saturated rings. The highest BCUT2D eigenvalue weighted by Crippen LogP contribution is 2.28. The molecule has 0 bridgehead atoms. The zero-order valence-corrected chi connectivity index (χ0v) is 15.7. The van der Waals surface area contributed by atoms with Crippen molar-refractivity contribution in [1.82, 2.24) is 4.90 Å². The lowest BCUT2D eigenvalue weighted by molar-refractivity contribution is -0.133. The summed E-state index contributed by atoms with van der Waals surface area (Å²) in [6, 6.07) is 17.8. The molecule has 0 aliphatic carbocycles. The van der Waals surface area contributed by atoms with E-state index in [4.69, 9.17) is 0 Å². The normalized spacial score (nSPS) is 20.3. The van der Waals surface area contributed by atoms with Crippen molar-refractivity contribution < 1.29 is 9.59 Å². The topological polar surface area (TPSA) is 43.9 Å². The molecule has 0 radical (unpaired) electrons. The number of aryl methyl sites for hydroxylation is 1. The van der Waals surface area contributed by atoms with E-state index in [9.17, 15) is 9.59 Å². The third-order valence-corrected chi connectivity index (χ3v) is 5.52. The molecule has 2 amide bonds. The third-order valence-electron chi connectivity index (χ3n) is 5.52. The monoisotopic (exact) mass is 363 g/mol. The highest BCUT2D eigenvalue weighted by atomic mass is 16.2. The van der Waals surface area contributed by atoms with Gasteiger partial charge in [-0.2, -0.15) is 0 Å². The molecule has 0 saturated carbocycles. The van der Waals surface area contributed by atoms with Crippen LogP contribution >= 0.6 is 0 Å². The van der Waals surface area contributed by atoms with Crippen LogP contribution in [0.4, 0.5) is 11.4 Å². The van der Waals surface area contributed by atoms with E-state index in [0.717, 1.165) is 24.3 Å². The van der Waals surface area contributed by atoms with Crippen molar-refractivity contribution in [2.45, 2.75) is 25.8 Å². The van der Waals surface area contributed by atoms with Gasteiger partial charge in [0.25, 0.3) is 0 Å². The van der Waals surface area contributed by atoms with Crippen LogP contribution in [0.2, 0.25) is 0 Å². The van der Waals surface area contributed by atoms with Gasteiger partial charge in [0.2, 0.25) is 11.8 Å². The van der Waals surface area contributed by atoms with Crippen LogP contribution in [0, 0.1) is 6.92 Å². The maximum absolute atomic E-state index is 13.2. The Kier molecular flexibility index (Phi) is 4.84. The van der Waals surface area contributed by atoms with Crippen molar-refractivity contribution in [3.63, 3.8) is 0 Å². The lowest BCUT2D eigenvalue weighted by Crippen LogP contribution is -2.54. The fourth-order valence-electron chi connectivity index (χ4n) is 3.98. The minimum absolute atomic E-state index is 0.0418. The van der Waals surface area contributed by atoms with E-state index in [2.05, 4.69) is 17.0 Å². The van der Waals surface area contributed by atoms with Crippen molar-refractivity contribution in [3.8, 4) is 0 Å². The summed E-state index contributed by atoms with van der Waals surface area (Å²) in [5, 5.41) is 0. The van der Waals surface area contributed by atoms with E-state index in [-0.39, 0.29) is 17.9 Å². The van der Waals surface area contributed by atoms with Gasteiger partial charge in [0.05, 0.1) is 0 Å². The second kappa shape index (κ2) is 7.43. The van der Waals surface area contributed by atoms with E-state index in [1.165, 1.54) is 5.69 Å². The van der Waals surface area contributed by atoms with Crippen LogP contribution in [0.15, 0.2) is 54.6 Å². The molecule has 1 unspecified atom stereocenters. The van der Waals surface area contributed by atoms with Gasteiger partial charge in [0.1, 0.15) is 6.04 Å². The van der Waals surface area contributed by atoms with E-state index < -0.39 is 0 Å². The highest BCUT2D eigenvalue weighted by molar-refractivity contribution is 6.03. The molecule has 27 heavy (non-hydrogen) atoms. The maximum atomic E-state index is 13.2. The van der Waals surface area contributed by atoms with Crippen LogP contribution < -0.4 is 9.80 Å². The van der Waals surface area contributed by atoms with Gasteiger partial charge in [0, 0.05) is 44.0 Å². The predicted molar refractivity (Wildman–Crippen MR) is 107 cm³/mol. The van der Waals surface area contributed by atoms with Gasteiger partial charge >= 0.3 is 0 Å². The maximum Gasteiger partial charge on any atom is 0.245 e. The van der Waals surface area contributed by atoms with Crippen molar-refractivity contribution >= 4 is 23.2 Å². The molecule has 2 aromatic carbocycles. The van der Waals surface area contributed by atoms with Crippen LogP contribution in [0.25, 0.3) is 0 Å². The molecule has 0 N–H and O–H groups in total.